The lowest BCUT2D eigenvalue weighted by Crippen LogP contribution is -2.41. The van der Waals surface area contributed by atoms with Gasteiger partial charge in [-0.05, 0) is 52.3 Å². The summed E-state index contributed by atoms with van der Waals surface area (Å²) in [7, 11) is 0. The molecule has 2 aliphatic rings. The summed E-state index contributed by atoms with van der Waals surface area (Å²) in [5, 5.41) is 0. The maximum Gasteiger partial charge on any atom is 0.365 e. The minimum atomic E-state index is 0.441. The molecule has 2 saturated carbocycles. The van der Waals surface area contributed by atoms with Crippen molar-refractivity contribution in [2.45, 2.75) is 123 Å². The minimum Gasteiger partial charge on any atom is -0.549 e. The van der Waals surface area contributed by atoms with E-state index in [1.165, 1.54) is 64.2 Å². The van der Waals surface area contributed by atoms with Gasteiger partial charge in [0.1, 0.15) is 0 Å². The summed E-state index contributed by atoms with van der Waals surface area (Å²) in [5.41, 5.74) is 0. The Morgan fingerprint density at radius 1 is 0.833 bits per heavy atom. The molecule has 0 atom stereocenters. The molecule has 0 unspecified atom stereocenters. The molecule has 0 saturated heterocycles. The van der Waals surface area contributed by atoms with Crippen LogP contribution < -0.4 is 0 Å². The molecular formula is C21H40BNO. The number of rotatable bonds is 7. The lowest BCUT2D eigenvalue weighted by atomic mass is 9.42. The van der Waals surface area contributed by atoms with Gasteiger partial charge in [-0.15, -0.1) is 0 Å². The van der Waals surface area contributed by atoms with Crippen molar-refractivity contribution in [3.63, 3.8) is 0 Å². The normalized spacial score (nSPS) is 21.4. The van der Waals surface area contributed by atoms with Gasteiger partial charge in [-0.1, -0.05) is 64.2 Å². The van der Waals surface area contributed by atoms with Crippen molar-refractivity contribution in [2.24, 2.45) is 0 Å². The lowest BCUT2D eigenvalue weighted by Gasteiger charge is -2.40. The van der Waals surface area contributed by atoms with E-state index in [9.17, 15) is 0 Å². The van der Waals surface area contributed by atoms with Crippen molar-refractivity contribution < 1.29 is 4.65 Å². The fourth-order valence-corrected chi connectivity index (χ4v) is 5.03. The Kier molecular flexibility index (Phi) is 8.03. The van der Waals surface area contributed by atoms with Crippen LogP contribution >= 0.6 is 0 Å². The summed E-state index contributed by atoms with van der Waals surface area (Å²) < 4.78 is 6.85. The van der Waals surface area contributed by atoms with E-state index in [0.29, 0.717) is 19.0 Å². The molecule has 0 aromatic carbocycles. The summed E-state index contributed by atoms with van der Waals surface area (Å²) in [4.78, 5) is 2.46. The first kappa shape index (κ1) is 19.7. The molecule has 0 N–H and O–H groups in total. The number of nitrogens with zero attached hydrogens (tertiary/aromatic N) is 1. The smallest absolute Gasteiger partial charge is 0.365 e. The second-order valence-corrected chi connectivity index (χ2v) is 8.60. The molecule has 0 radical (unpaired) electrons. The van der Waals surface area contributed by atoms with Crippen LogP contribution in [0.25, 0.3) is 0 Å². The number of hydrogen-bond donors (Lipinski definition) is 0. The van der Waals surface area contributed by atoms with Gasteiger partial charge >= 0.3 is 6.92 Å². The van der Waals surface area contributed by atoms with Gasteiger partial charge in [0, 0.05) is 12.1 Å². The third-order valence-corrected chi connectivity index (χ3v) is 6.10. The van der Waals surface area contributed by atoms with Crippen molar-refractivity contribution in [1.82, 2.24) is 4.90 Å². The van der Waals surface area contributed by atoms with Crippen molar-refractivity contribution in [3.8, 4) is 0 Å². The molecule has 0 spiro atoms. The highest BCUT2D eigenvalue weighted by Gasteiger charge is 2.39. The molecule has 2 fully saturated rings. The Balaban J connectivity index is 2.15. The molecule has 0 aromatic heterocycles. The van der Waals surface area contributed by atoms with Gasteiger partial charge in [-0.25, -0.2) is 0 Å². The summed E-state index contributed by atoms with van der Waals surface area (Å²) in [6, 6.07) is 0.962. The first-order valence-electron chi connectivity index (χ1n) is 10.7. The standard InChI is InChI=1S/C21H40BNO/c1-6-21(23(17(2)3)18(4)5)24-22(19-13-9-7-10-14-19)20-15-11-8-12-16-20/h6,17-20H,7-16H2,1-5H3/b21-6-. The van der Waals surface area contributed by atoms with Gasteiger partial charge < -0.3 is 9.55 Å². The van der Waals surface area contributed by atoms with Crippen molar-refractivity contribution >= 4 is 6.92 Å². The Morgan fingerprint density at radius 3 is 1.58 bits per heavy atom. The third-order valence-electron chi connectivity index (χ3n) is 6.10. The minimum absolute atomic E-state index is 0.441. The maximum absolute atomic E-state index is 6.85. The van der Waals surface area contributed by atoms with E-state index in [1.54, 1.807) is 0 Å². The van der Waals surface area contributed by atoms with Crippen LogP contribution in [-0.4, -0.2) is 23.9 Å². The predicted molar refractivity (Wildman–Crippen MR) is 106 cm³/mol. The maximum atomic E-state index is 6.85. The highest BCUT2D eigenvalue weighted by molar-refractivity contribution is 6.55. The van der Waals surface area contributed by atoms with E-state index >= 15 is 0 Å². The van der Waals surface area contributed by atoms with Crippen LogP contribution in [0.5, 0.6) is 0 Å². The van der Waals surface area contributed by atoms with Crippen LogP contribution in [0.2, 0.25) is 11.6 Å². The number of allylic oxidation sites excluding steroid dienone is 1. The van der Waals surface area contributed by atoms with Crippen LogP contribution in [0.4, 0.5) is 0 Å². The summed E-state index contributed by atoms with van der Waals surface area (Å²) >= 11 is 0. The zero-order valence-corrected chi connectivity index (χ0v) is 16.9. The van der Waals surface area contributed by atoms with E-state index in [-0.39, 0.29) is 0 Å². The van der Waals surface area contributed by atoms with Crippen LogP contribution in [-0.2, 0) is 4.65 Å². The molecule has 0 bridgehead atoms. The second kappa shape index (κ2) is 9.78. The molecule has 2 aliphatic carbocycles. The highest BCUT2D eigenvalue weighted by atomic mass is 16.5. The van der Waals surface area contributed by atoms with Crippen LogP contribution in [0.1, 0.15) is 98.8 Å². The second-order valence-electron chi connectivity index (χ2n) is 8.60. The van der Waals surface area contributed by atoms with E-state index in [4.69, 9.17) is 4.65 Å². The third kappa shape index (κ3) is 5.20. The molecule has 2 nitrogen and oxygen atoms in total. The molecule has 0 heterocycles. The van der Waals surface area contributed by atoms with E-state index < -0.39 is 0 Å². The molecule has 0 aromatic rings. The highest BCUT2D eigenvalue weighted by Crippen LogP contribution is 2.42. The van der Waals surface area contributed by atoms with Gasteiger partial charge in [-0.2, -0.15) is 0 Å². The molecule has 2 rings (SSSR count). The van der Waals surface area contributed by atoms with Crippen molar-refractivity contribution in [1.29, 1.82) is 0 Å². The van der Waals surface area contributed by atoms with Gasteiger partial charge in [0.15, 0.2) is 5.88 Å². The van der Waals surface area contributed by atoms with Crippen molar-refractivity contribution in [3.05, 3.63) is 12.0 Å². The summed E-state index contributed by atoms with van der Waals surface area (Å²) in [6.45, 7) is 11.7. The van der Waals surface area contributed by atoms with Crippen molar-refractivity contribution in [2.75, 3.05) is 0 Å². The van der Waals surface area contributed by atoms with Crippen LogP contribution in [0.15, 0.2) is 12.0 Å². The largest absolute Gasteiger partial charge is 0.549 e. The fourth-order valence-electron chi connectivity index (χ4n) is 5.03. The molecule has 3 heteroatoms. The van der Waals surface area contributed by atoms with Crippen LogP contribution in [0.3, 0.4) is 0 Å². The Morgan fingerprint density at radius 2 is 1.25 bits per heavy atom. The van der Waals surface area contributed by atoms with Gasteiger partial charge in [0.2, 0.25) is 0 Å². The monoisotopic (exact) mass is 333 g/mol. The average molecular weight is 333 g/mol. The van der Waals surface area contributed by atoms with Crippen LogP contribution in [0, 0.1) is 0 Å². The first-order valence-corrected chi connectivity index (χ1v) is 10.7. The van der Waals surface area contributed by atoms with Gasteiger partial charge in [0.05, 0.1) is 0 Å². The Hall–Kier alpha value is -0.595. The van der Waals surface area contributed by atoms with E-state index in [1.807, 2.05) is 0 Å². The zero-order valence-electron chi connectivity index (χ0n) is 16.9. The lowest BCUT2D eigenvalue weighted by molar-refractivity contribution is 0.139. The molecule has 138 valence electrons. The Bertz CT molecular complexity index is 355. The van der Waals surface area contributed by atoms with Gasteiger partial charge in [-0.3, -0.25) is 0 Å². The van der Waals surface area contributed by atoms with E-state index in [0.717, 1.165) is 17.5 Å². The summed E-state index contributed by atoms with van der Waals surface area (Å²) in [6.07, 6.45) is 16.2. The molecular weight excluding hydrogens is 293 g/mol. The van der Waals surface area contributed by atoms with E-state index in [2.05, 4.69) is 45.6 Å². The Labute approximate surface area is 151 Å². The average Bonchev–Trinajstić information content (AvgIpc) is 2.59. The molecule has 0 aliphatic heterocycles. The predicted octanol–water partition coefficient (Wildman–Crippen LogP) is 6.64. The zero-order chi connectivity index (χ0) is 17.5. The molecule has 0 amide bonds. The molecule has 24 heavy (non-hydrogen) atoms. The summed E-state index contributed by atoms with van der Waals surface area (Å²) in [5.74, 6) is 2.68. The topological polar surface area (TPSA) is 12.5 Å². The van der Waals surface area contributed by atoms with Gasteiger partial charge in [0.25, 0.3) is 0 Å². The SMILES string of the molecule is C/C=C(\OB(C1CCCCC1)C1CCCCC1)N(C(C)C)C(C)C. The fraction of sp³-hybridized carbons (Fsp3) is 0.905. The quantitative estimate of drug-likeness (QED) is 0.382. The first-order chi connectivity index (χ1) is 11.5. The number of hydrogen-bond acceptors (Lipinski definition) is 2.